The summed E-state index contributed by atoms with van der Waals surface area (Å²) in [4.78, 5) is 11.0. The van der Waals surface area contributed by atoms with Crippen molar-refractivity contribution in [2.45, 2.75) is 39.2 Å². The molecule has 2 unspecified atom stereocenters. The first-order chi connectivity index (χ1) is 9.15. The second-order valence-corrected chi connectivity index (χ2v) is 5.15. The summed E-state index contributed by atoms with van der Waals surface area (Å²) in [5, 5.41) is 0. The van der Waals surface area contributed by atoms with E-state index in [1.807, 2.05) is 19.9 Å². The van der Waals surface area contributed by atoms with E-state index in [2.05, 4.69) is 21.9 Å². The first-order valence-corrected chi connectivity index (χ1v) is 7.07. The van der Waals surface area contributed by atoms with Gasteiger partial charge in [0.2, 0.25) is 5.88 Å². The minimum absolute atomic E-state index is 0.480. The maximum Gasteiger partial charge on any atom is 0.218 e. The SMILES string of the molecule is CCOc1cc(N(C)C2CCCC2CN)nc(C)n1. The van der Waals surface area contributed by atoms with E-state index in [0.29, 0.717) is 24.4 Å². The summed E-state index contributed by atoms with van der Waals surface area (Å²) in [7, 11) is 2.09. The standard InChI is InChI=1S/C14H24N4O/c1-4-19-14-8-13(16-10(2)17-14)18(3)12-7-5-6-11(12)9-15/h8,11-12H,4-7,9,15H2,1-3H3. The molecule has 106 valence electrons. The highest BCUT2D eigenvalue weighted by molar-refractivity contribution is 5.42. The first kappa shape index (κ1) is 14.1. The molecule has 2 rings (SSSR count). The van der Waals surface area contributed by atoms with Gasteiger partial charge in [-0.3, -0.25) is 0 Å². The third kappa shape index (κ3) is 3.15. The predicted molar refractivity (Wildman–Crippen MR) is 76.5 cm³/mol. The molecule has 1 saturated carbocycles. The summed E-state index contributed by atoms with van der Waals surface area (Å²) >= 11 is 0. The quantitative estimate of drug-likeness (QED) is 0.877. The van der Waals surface area contributed by atoms with E-state index in [9.17, 15) is 0 Å². The second kappa shape index (κ2) is 6.19. The molecule has 0 aromatic carbocycles. The van der Waals surface area contributed by atoms with Gasteiger partial charge in [0.25, 0.3) is 0 Å². The minimum atomic E-state index is 0.480. The van der Waals surface area contributed by atoms with Crippen molar-refractivity contribution < 1.29 is 4.74 Å². The summed E-state index contributed by atoms with van der Waals surface area (Å²) in [5.74, 6) is 2.89. The number of hydrogen-bond donors (Lipinski definition) is 1. The van der Waals surface area contributed by atoms with Gasteiger partial charge in [-0.15, -0.1) is 0 Å². The van der Waals surface area contributed by atoms with Crippen LogP contribution in [-0.4, -0.2) is 36.2 Å². The van der Waals surface area contributed by atoms with Crippen LogP contribution in [0.4, 0.5) is 5.82 Å². The lowest BCUT2D eigenvalue weighted by atomic mass is 10.0. The van der Waals surface area contributed by atoms with E-state index in [-0.39, 0.29) is 0 Å². The Morgan fingerprint density at radius 2 is 2.21 bits per heavy atom. The van der Waals surface area contributed by atoms with Gasteiger partial charge in [0, 0.05) is 19.2 Å². The van der Waals surface area contributed by atoms with Gasteiger partial charge in [0.15, 0.2) is 0 Å². The van der Waals surface area contributed by atoms with E-state index in [1.54, 1.807) is 0 Å². The zero-order chi connectivity index (χ0) is 13.8. The van der Waals surface area contributed by atoms with E-state index >= 15 is 0 Å². The molecule has 0 spiro atoms. The van der Waals surface area contributed by atoms with Crippen LogP contribution in [0.15, 0.2) is 6.07 Å². The van der Waals surface area contributed by atoms with Gasteiger partial charge in [-0.2, -0.15) is 4.98 Å². The first-order valence-electron chi connectivity index (χ1n) is 7.07. The number of rotatable bonds is 5. The number of aryl methyl sites for hydroxylation is 1. The Kier molecular flexibility index (Phi) is 4.58. The smallest absolute Gasteiger partial charge is 0.218 e. The number of hydrogen-bond acceptors (Lipinski definition) is 5. The van der Waals surface area contributed by atoms with Gasteiger partial charge in [0.05, 0.1) is 6.61 Å². The molecule has 1 aliphatic rings. The maximum atomic E-state index is 5.86. The molecule has 0 radical (unpaired) electrons. The van der Waals surface area contributed by atoms with E-state index in [1.165, 1.54) is 19.3 Å². The fourth-order valence-corrected chi connectivity index (χ4v) is 2.90. The number of ether oxygens (including phenoxy) is 1. The van der Waals surface area contributed by atoms with Crippen molar-refractivity contribution in [2.75, 3.05) is 25.1 Å². The van der Waals surface area contributed by atoms with Crippen molar-refractivity contribution in [3.63, 3.8) is 0 Å². The molecule has 5 heteroatoms. The van der Waals surface area contributed by atoms with Crippen molar-refractivity contribution in [2.24, 2.45) is 11.7 Å². The minimum Gasteiger partial charge on any atom is -0.478 e. The molecule has 1 fully saturated rings. The van der Waals surface area contributed by atoms with Crippen LogP contribution in [0.1, 0.15) is 32.0 Å². The zero-order valence-electron chi connectivity index (χ0n) is 12.1. The fraction of sp³-hybridized carbons (Fsp3) is 0.714. The molecule has 5 nitrogen and oxygen atoms in total. The third-order valence-electron chi connectivity index (χ3n) is 3.87. The van der Waals surface area contributed by atoms with Crippen LogP contribution in [-0.2, 0) is 0 Å². The highest BCUT2D eigenvalue weighted by Crippen LogP contribution is 2.31. The van der Waals surface area contributed by atoms with Crippen molar-refractivity contribution in [3.05, 3.63) is 11.9 Å². The molecule has 1 aromatic heterocycles. The maximum absolute atomic E-state index is 5.86. The summed E-state index contributed by atoms with van der Waals surface area (Å²) in [6.07, 6.45) is 3.65. The van der Waals surface area contributed by atoms with Crippen molar-refractivity contribution in [3.8, 4) is 5.88 Å². The summed E-state index contributed by atoms with van der Waals surface area (Å²) in [6, 6.07) is 2.40. The molecule has 0 bridgehead atoms. The Morgan fingerprint density at radius 1 is 1.42 bits per heavy atom. The number of nitrogens with two attached hydrogens (primary N) is 1. The third-order valence-corrected chi connectivity index (χ3v) is 3.87. The van der Waals surface area contributed by atoms with Crippen molar-refractivity contribution in [1.29, 1.82) is 0 Å². The molecule has 19 heavy (non-hydrogen) atoms. The summed E-state index contributed by atoms with van der Waals surface area (Å²) in [5.41, 5.74) is 5.86. The average molecular weight is 264 g/mol. The Balaban J connectivity index is 2.20. The molecular formula is C14H24N4O. The zero-order valence-corrected chi connectivity index (χ0v) is 12.1. The molecule has 0 amide bonds. The van der Waals surface area contributed by atoms with E-state index in [4.69, 9.17) is 10.5 Å². The van der Waals surface area contributed by atoms with Crippen LogP contribution in [0.2, 0.25) is 0 Å². The van der Waals surface area contributed by atoms with Gasteiger partial charge < -0.3 is 15.4 Å². The van der Waals surface area contributed by atoms with Crippen LogP contribution >= 0.6 is 0 Å². The fourth-order valence-electron chi connectivity index (χ4n) is 2.90. The number of nitrogens with zero attached hydrogens (tertiary/aromatic N) is 3. The Hall–Kier alpha value is -1.36. The molecule has 1 heterocycles. The Morgan fingerprint density at radius 3 is 2.89 bits per heavy atom. The van der Waals surface area contributed by atoms with Crippen LogP contribution in [0.3, 0.4) is 0 Å². The monoisotopic (exact) mass is 264 g/mol. The van der Waals surface area contributed by atoms with Gasteiger partial charge in [-0.1, -0.05) is 6.42 Å². The largest absolute Gasteiger partial charge is 0.478 e. The molecule has 1 aromatic rings. The van der Waals surface area contributed by atoms with Gasteiger partial charge in [0.1, 0.15) is 11.6 Å². The molecular weight excluding hydrogens is 240 g/mol. The normalized spacial score (nSPS) is 22.5. The van der Waals surface area contributed by atoms with Crippen LogP contribution in [0.25, 0.3) is 0 Å². The van der Waals surface area contributed by atoms with Crippen LogP contribution in [0.5, 0.6) is 5.88 Å². The van der Waals surface area contributed by atoms with Gasteiger partial charge >= 0.3 is 0 Å². The lowest BCUT2D eigenvalue weighted by Gasteiger charge is -2.30. The van der Waals surface area contributed by atoms with Gasteiger partial charge in [-0.25, -0.2) is 4.98 Å². The summed E-state index contributed by atoms with van der Waals surface area (Å²) in [6.45, 7) is 5.23. The van der Waals surface area contributed by atoms with Crippen LogP contribution < -0.4 is 15.4 Å². The topological polar surface area (TPSA) is 64.3 Å². The van der Waals surface area contributed by atoms with Gasteiger partial charge in [-0.05, 0) is 39.2 Å². The molecule has 2 N–H and O–H groups in total. The van der Waals surface area contributed by atoms with E-state index < -0.39 is 0 Å². The average Bonchev–Trinajstić information content (AvgIpc) is 2.85. The molecule has 0 saturated heterocycles. The molecule has 1 aliphatic carbocycles. The number of aromatic nitrogens is 2. The highest BCUT2D eigenvalue weighted by atomic mass is 16.5. The molecule has 0 aliphatic heterocycles. The van der Waals surface area contributed by atoms with E-state index in [0.717, 1.165) is 18.2 Å². The Labute approximate surface area is 115 Å². The number of anilines is 1. The highest BCUT2D eigenvalue weighted by Gasteiger charge is 2.30. The predicted octanol–water partition coefficient (Wildman–Crippen LogP) is 1.75. The van der Waals surface area contributed by atoms with Crippen LogP contribution in [0, 0.1) is 12.8 Å². The van der Waals surface area contributed by atoms with Crippen molar-refractivity contribution in [1.82, 2.24) is 9.97 Å². The lowest BCUT2D eigenvalue weighted by Crippen LogP contribution is -2.38. The second-order valence-electron chi connectivity index (χ2n) is 5.15. The summed E-state index contributed by atoms with van der Waals surface area (Å²) < 4.78 is 5.49. The van der Waals surface area contributed by atoms with Crippen molar-refractivity contribution >= 4 is 5.82 Å². The molecule has 2 atom stereocenters. The Bertz CT molecular complexity index is 424. The lowest BCUT2D eigenvalue weighted by molar-refractivity contribution is 0.325.